The lowest BCUT2D eigenvalue weighted by atomic mass is 10.1. The molecule has 0 radical (unpaired) electrons. The molecule has 0 saturated carbocycles. The van der Waals surface area contributed by atoms with Crippen molar-refractivity contribution < 1.29 is 23.5 Å². The molecular formula is C19H20ClFN2O4. The minimum absolute atomic E-state index is 0.191. The van der Waals surface area contributed by atoms with Crippen LogP contribution in [0.2, 0.25) is 5.02 Å². The van der Waals surface area contributed by atoms with Crippen LogP contribution in [-0.2, 0) is 4.79 Å². The second kappa shape index (κ2) is 9.23. The predicted octanol–water partition coefficient (Wildman–Crippen LogP) is 3.60. The first-order valence-electron chi connectivity index (χ1n) is 8.17. The van der Waals surface area contributed by atoms with Crippen molar-refractivity contribution in [1.82, 2.24) is 4.90 Å². The maximum atomic E-state index is 12.9. The highest BCUT2D eigenvalue weighted by atomic mass is 35.5. The molecule has 27 heavy (non-hydrogen) atoms. The number of nitrogens with one attached hydrogen (secondary N) is 1. The van der Waals surface area contributed by atoms with Crippen LogP contribution in [0.3, 0.4) is 0 Å². The van der Waals surface area contributed by atoms with Gasteiger partial charge in [0, 0.05) is 18.3 Å². The van der Waals surface area contributed by atoms with Gasteiger partial charge in [0.2, 0.25) is 5.91 Å². The van der Waals surface area contributed by atoms with Gasteiger partial charge in [-0.05, 0) is 43.3 Å². The number of halogens is 2. The molecule has 2 aromatic carbocycles. The third-order valence-electron chi connectivity index (χ3n) is 3.62. The summed E-state index contributed by atoms with van der Waals surface area (Å²) in [6.07, 6.45) is 0. The summed E-state index contributed by atoms with van der Waals surface area (Å²) in [6, 6.07) is 8.31. The molecule has 8 heteroatoms. The molecule has 0 heterocycles. The average Bonchev–Trinajstić information content (AvgIpc) is 2.64. The van der Waals surface area contributed by atoms with Crippen molar-refractivity contribution >= 4 is 29.1 Å². The van der Waals surface area contributed by atoms with Gasteiger partial charge in [-0.25, -0.2) is 4.39 Å². The normalized spacial score (nSPS) is 10.3. The lowest BCUT2D eigenvalue weighted by Crippen LogP contribution is -2.35. The summed E-state index contributed by atoms with van der Waals surface area (Å²) in [7, 11) is 2.94. The molecule has 0 atom stereocenters. The Bertz CT molecular complexity index is 827. The van der Waals surface area contributed by atoms with Crippen molar-refractivity contribution in [3.05, 3.63) is 52.8 Å². The minimum Gasteiger partial charge on any atom is -0.493 e. The van der Waals surface area contributed by atoms with Crippen LogP contribution in [0.5, 0.6) is 11.5 Å². The van der Waals surface area contributed by atoms with Crippen molar-refractivity contribution in [3.63, 3.8) is 0 Å². The van der Waals surface area contributed by atoms with Gasteiger partial charge in [-0.15, -0.1) is 0 Å². The predicted molar refractivity (Wildman–Crippen MR) is 101 cm³/mol. The summed E-state index contributed by atoms with van der Waals surface area (Å²) in [5.41, 5.74) is 0.699. The standard InChI is InChI=1S/C19H20ClFN2O4/c1-4-27-18-15(20)9-12(10-16(18)26-3)19(25)23(2)11-17(24)22-14-7-5-13(21)6-8-14/h5-10H,4,11H2,1-3H3,(H,22,24). The van der Waals surface area contributed by atoms with E-state index in [-0.39, 0.29) is 17.1 Å². The minimum atomic E-state index is -0.415. The molecule has 0 spiro atoms. The van der Waals surface area contributed by atoms with Gasteiger partial charge in [0.15, 0.2) is 11.5 Å². The molecule has 2 rings (SSSR count). The quantitative estimate of drug-likeness (QED) is 0.779. The van der Waals surface area contributed by atoms with E-state index in [9.17, 15) is 14.0 Å². The summed E-state index contributed by atoms with van der Waals surface area (Å²) in [5.74, 6) is -0.539. The molecule has 144 valence electrons. The molecular weight excluding hydrogens is 375 g/mol. The number of rotatable bonds is 7. The Morgan fingerprint density at radius 1 is 1.22 bits per heavy atom. The zero-order chi connectivity index (χ0) is 20.0. The maximum absolute atomic E-state index is 12.9. The Morgan fingerprint density at radius 3 is 2.48 bits per heavy atom. The molecule has 6 nitrogen and oxygen atoms in total. The van der Waals surface area contributed by atoms with E-state index < -0.39 is 17.6 Å². The largest absolute Gasteiger partial charge is 0.493 e. The van der Waals surface area contributed by atoms with E-state index in [0.717, 1.165) is 0 Å². The monoisotopic (exact) mass is 394 g/mol. The smallest absolute Gasteiger partial charge is 0.254 e. The van der Waals surface area contributed by atoms with E-state index in [1.54, 1.807) is 0 Å². The number of ether oxygens (including phenoxy) is 2. The van der Waals surface area contributed by atoms with Gasteiger partial charge < -0.3 is 19.7 Å². The second-order valence-electron chi connectivity index (χ2n) is 5.64. The summed E-state index contributed by atoms with van der Waals surface area (Å²) in [6.45, 7) is 2.01. The Kier molecular flexibility index (Phi) is 7.01. The van der Waals surface area contributed by atoms with Gasteiger partial charge in [-0.3, -0.25) is 9.59 Å². The van der Waals surface area contributed by atoms with Crippen molar-refractivity contribution in [2.75, 3.05) is 32.6 Å². The lowest BCUT2D eigenvalue weighted by Gasteiger charge is -2.18. The third kappa shape index (κ3) is 5.34. The van der Waals surface area contributed by atoms with Gasteiger partial charge in [0.25, 0.3) is 5.91 Å². The van der Waals surface area contributed by atoms with Crippen molar-refractivity contribution in [2.45, 2.75) is 6.92 Å². The maximum Gasteiger partial charge on any atom is 0.254 e. The van der Waals surface area contributed by atoms with E-state index in [4.69, 9.17) is 21.1 Å². The summed E-state index contributed by atoms with van der Waals surface area (Å²) < 4.78 is 23.6. The first kappa shape index (κ1) is 20.5. The summed E-state index contributed by atoms with van der Waals surface area (Å²) in [4.78, 5) is 26.0. The number of anilines is 1. The van der Waals surface area contributed by atoms with Gasteiger partial charge in [0.05, 0.1) is 25.3 Å². The molecule has 0 aliphatic rings. The molecule has 0 aliphatic carbocycles. The zero-order valence-electron chi connectivity index (χ0n) is 15.2. The van der Waals surface area contributed by atoms with Crippen LogP contribution >= 0.6 is 11.6 Å². The van der Waals surface area contributed by atoms with E-state index in [1.165, 1.54) is 55.5 Å². The van der Waals surface area contributed by atoms with Crippen LogP contribution in [0.15, 0.2) is 36.4 Å². The van der Waals surface area contributed by atoms with Crippen molar-refractivity contribution in [1.29, 1.82) is 0 Å². The molecule has 2 aromatic rings. The van der Waals surface area contributed by atoms with Gasteiger partial charge in [-0.1, -0.05) is 11.6 Å². The van der Waals surface area contributed by atoms with Crippen LogP contribution in [0.1, 0.15) is 17.3 Å². The summed E-state index contributed by atoms with van der Waals surface area (Å²) >= 11 is 6.18. The van der Waals surface area contributed by atoms with Crippen molar-refractivity contribution in [2.24, 2.45) is 0 Å². The van der Waals surface area contributed by atoms with Crippen molar-refractivity contribution in [3.8, 4) is 11.5 Å². The Labute approximate surface area is 161 Å². The Morgan fingerprint density at radius 2 is 1.89 bits per heavy atom. The number of carbonyl (C=O) groups is 2. The highest BCUT2D eigenvalue weighted by Crippen LogP contribution is 2.36. The molecule has 2 amide bonds. The highest BCUT2D eigenvalue weighted by Gasteiger charge is 2.20. The zero-order valence-corrected chi connectivity index (χ0v) is 16.0. The lowest BCUT2D eigenvalue weighted by molar-refractivity contribution is -0.116. The van der Waals surface area contributed by atoms with E-state index >= 15 is 0 Å². The highest BCUT2D eigenvalue weighted by molar-refractivity contribution is 6.32. The SMILES string of the molecule is CCOc1c(Cl)cc(C(=O)N(C)CC(=O)Nc2ccc(F)cc2)cc1OC. The first-order valence-corrected chi connectivity index (χ1v) is 8.54. The molecule has 0 unspecified atom stereocenters. The van der Waals surface area contributed by atoms with E-state index in [1.807, 2.05) is 6.92 Å². The Hall–Kier alpha value is -2.80. The number of hydrogen-bond donors (Lipinski definition) is 1. The number of amides is 2. The number of hydrogen-bond acceptors (Lipinski definition) is 4. The molecule has 0 fully saturated rings. The molecule has 0 aromatic heterocycles. The topological polar surface area (TPSA) is 67.9 Å². The van der Waals surface area contributed by atoms with Gasteiger partial charge in [-0.2, -0.15) is 0 Å². The number of carbonyl (C=O) groups excluding carboxylic acids is 2. The molecule has 1 N–H and O–H groups in total. The molecule has 0 bridgehead atoms. The fourth-order valence-electron chi connectivity index (χ4n) is 2.37. The van der Waals surface area contributed by atoms with Crippen LogP contribution in [0.25, 0.3) is 0 Å². The molecule has 0 saturated heterocycles. The number of benzene rings is 2. The van der Waals surface area contributed by atoms with Crippen LogP contribution < -0.4 is 14.8 Å². The molecule has 0 aliphatic heterocycles. The fraction of sp³-hybridized carbons (Fsp3) is 0.263. The van der Waals surface area contributed by atoms with Crippen LogP contribution in [0.4, 0.5) is 10.1 Å². The fourth-order valence-corrected chi connectivity index (χ4v) is 2.63. The number of nitrogens with zero attached hydrogens (tertiary/aromatic N) is 1. The van der Waals surface area contributed by atoms with E-state index in [2.05, 4.69) is 5.32 Å². The summed E-state index contributed by atoms with van der Waals surface area (Å²) in [5, 5.41) is 2.84. The third-order valence-corrected chi connectivity index (χ3v) is 3.90. The number of methoxy groups -OCH3 is 1. The second-order valence-corrected chi connectivity index (χ2v) is 6.05. The van der Waals surface area contributed by atoms with Gasteiger partial charge in [0.1, 0.15) is 5.82 Å². The Balaban J connectivity index is 2.08. The first-order chi connectivity index (χ1) is 12.8. The van der Waals surface area contributed by atoms with E-state index in [0.29, 0.717) is 23.8 Å². The number of likely N-dealkylation sites (N-methyl/N-ethyl adjacent to an activating group) is 1. The van der Waals surface area contributed by atoms with Crippen LogP contribution in [0, 0.1) is 5.82 Å². The average molecular weight is 395 g/mol. The van der Waals surface area contributed by atoms with Gasteiger partial charge >= 0.3 is 0 Å². The van der Waals surface area contributed by atoms with Crippen LogP contribution in [-0.4, -0.2) is 44.0 Å².